The Balaban J connectivity index is 1.58. The predicted molar refractivity (Wildman–Crippen MR) is 135 cm³/mol. The summed E-state index contributed by atoms with van der Waals surface area (Å²) in [6.45, 7) is 1.61. The fraction of sp³-hybridized carbons (Fsp3) is 0.357. The van der Waals surface area contributed by atoms with Crippen LogP contribution in [0.3, 0.4) is 0 Å². The van der Waals surface area contributed by atoms with E-state index in [9.17, 15) is 35.9 Å². The van der Waals surface area contributed by atoms with Crippen LogP contribution >= 0.6 is 0 Å². The van der Waals surface area contributed by atoms with Gasteiger partial charge in [0.25, 0.3) is 12.3 Å². The Morgan fingerprint density at radius 3 is 2.31 bits per heavy atom. The second-order valence-corrected chi connectivity index (χ2v) is 9.66. The number of hydrogen-bond donors (Lipinski definition) is 1. The molecule has 1 aliphatic rings. The summed E-state index contributed by atoms with van der Waals surface area (Å²) in [7, 11) is 0.971. The summed E-state index contributed by atoms with van der Waals surface area (Å²) in [5, 5.41) is 2.37. The Bertz CT molecular complexity index is 1440. The highest BCUT2D eigenvalue weighted by Gasteiger charge is 2.66. The lowest BCUT2D eigenvalue weighted by atomic mass is 9.76. The van der Waals surface area contributed by atoms with E-state index in [2.05, 4.69) is 15.3 Å². The van der Waals surface area contributed by atoms with Gasteiger partial charge in [-0.05, 0) is 25.1 Å². The van der Waals surface area contributed by atoms with Gasteiger partial charge in [0.05, 0.1) is 36.3 Å². The first kappa shape index (κ1) is 30.8. The molecular formula is C28H25F6N3O5. The SMILES string of the molecule is COc1c(C2C(C)[C@](C)(C(F)(F)F)O[C@H]2C(=O)Nc2cnc(COC(=O)c3ccccc3)nc2)ccc(F)c1C(F)F. The third kappa shape index (κ3) is 5.89. The number of amides is 1. The summed E-state index contributed by atoms with van der Waals surface area (Å²) >= 11 is 0. The zero-order chi connectivity index (χ0) is 30.8. The fourth-order valence-corrected chi connectivity index (χ4v) is 4.80. The number of methoxy groups -OCH3 is 1. The number of ether oxygens (including phenoxy) is 3. The van der Waals surface area contributed by atoms with Crippen molar-refractivity contribution in [1.29, 1.82) is 0 Å². The van der Waals surface area contributed by atoms with Gasteiger partial charge in [-0.15, -0.1) is 0 Å². The number of esters is 1. The average Bonchev–Trinajstić information content (AvgIpc) is 3.24. The molecule has 1 amide bonds. The van der Waals surface area contributed by atoms with Crippen molar-refractivity contribution >= 4 is 17.6 Å². The summed E-state index contributed by atoms with van der Waals surface area (Å²) in [6, 6.07) is 9.84. The number of nitrogens with one attached hydrogen (secondary N) is 1. The summed E-state index contributed by atoms with van der Waals surface area (Å²) < 4.78 is 99.6. The number of anilines is 1. The van der Waals surface area contributed by atoms with Crippen LogP contribution in [0.1, 0.15) is 53.5 Å². The molecule has 2 aromatic carbocycles. The van der Waals surface area contributed by atoms with E-state index in [4.69, 9.17) is 14.2 Å². The molecule has 3 aromatic rings. The lowest BCUT2D eigenvalue weighted by Gasteiger charge is -2.32. The number of rotatable bonds is 8. The van der Waals surface area contributed by atoms with Crippen LogP contribution in [-0.2, 0) is 20.9 Å². The molecule has 2 heterocycles. The third-order valence-electron chi connectivity index (χ3n) is 7.20. The predicted octanol–water partition coefficient (Wildman–Crippen LogP) is 6.00. The normalized spacial score (nSPS) is 22.2. The first-order valence-corrected chi connectivity index (χ1v) is 12.5. The molecule has 14 heteroatoms. The molecule has 0 aliphatic carbocycles. The van der Waals surface area contributed by atoms with Crippen LogP contribution in [-0.4, -0.2) is 46.8 Å². The van der Waals surface area contributed by atoms with E-state index in [0.29, 0.717) is 11.6 Å². The second kappa shape index (κ2) is 12.0. The second-order valence-electron chi connectivity index (χ2n) is 9.66. The smallest absolute Gasteiger partial charge is 0.417 e. The van der Waals surface area contributed by atoms with Gasteiger partial charge in [0.2, 0.25) is 0 Å². The minimum absolute atomic E-state index is 0.0342. The fourth-order valence-electron chi connectivity index (χ4n) is 4.80. The van der Waals surface area contributed by atoms with Crippen molar-refractivity contribution in [3.8, 4) is 5.75 Å². The molecule has 4 rings (SSSR count). The molecule has 1 aromatic heterocycles. The maximum Gasteiger partial charge on any atom is 0.417 e. The molecule has 0 radical (unpaired) electrons. The first-order valence-electron chi connectivity index (χ1n) is 12.5. The first-order chi connectivity index (χ1) is 19.8. The number of aromatic nitrogens is 2. The Morgan fingerprint density at radius 2 is 1.74 bits per heavy atom. The number of benzene rings is 2. The molecule has 1 fully saturated rings. The monoisotopic (exact) mass is 597 g/mol. The van der Waals surface area contributed by atoms with Crippen LogP contribution in [0.5, 0.6) is 5.75 Å². The Kier molecular flexibility index (Phi) is 8.76. The quantitative estimate of drug-likeness (QED) is 0.251. The van der Waals surface area contributed by atoms with Crippen LogP contribution < -0.4 is 10.1 Å². The van der Waals surface area contributed by atoms with Crippen molar-refractivity contribution in [2.45, 2.75) is 50.7 Å². The number of halogens is 6. The van der Waals surface area contributed by atoms with E-state index in [1.165, 1.54) is 0 Å². The van der Waals surface area contributed by atoms with Crippen LogP contribution in [0.15, 0.2) is 54.9 Å². The standard InChI is InChI=1S/C28H25F6N3O5/c1-14-20(17-9-10-18(29)21(24(30)31)22(17)40-3)23(42-27(14,2)28(32,33)34)25(38)37-16-11-35-19(36-12-16)13-41-26(39)15-7-5-4-6-8-15/h4-12,14,20,23-24H,13H2,1-3H3,(H,37,38)/t14?,20?,23-,27-/m1/s1. The molecular weight excluding hydrogens is 572 g/mol. The van der Waals surface area contributed by atoms with Gasteiger partial charge in [0.1, 0.15) is 17.7 Å². The Hall–Kier alpha value is -4.20. The minimum atomic E-state index is -4.96. The zero-order valence-corrected chi connectivity index (χ0v) is 22.4. The maximum atomic E-state index is 14.3. The number of hydrogen-bond acceptors (Lipinski definition) is 7. The summed E-state index contributed by atoms with van der Waals surface area (Å²) in [5.41, 5.74) is -3.98. The summed E-state index contributed by atoms with van der Waals surface area (Å²) in [4.78, 5) is 33.4. The Labute approximate surface area is 236 Å². The number of carbonyl (C=O) groups is 2. The van der Waals surface area contributed by atoms with Gasteiger partial charge in [0.15, 0.2) is 18.0 Å². The van der Waals surface area contributed by atoms with Gasteiger partial charge in [0, 0.05) is 17.4 Å². The number of nitrogens with zero attached hydrogens (tertiary/aromatic N) is 2. The third-order valence-corrected chi connectivity index (χ3v) is 7.20. The van der Waals surface area contributed by atoms with Crippen molar-refractivity contribution in [3.63, 3.8) is 0 Å². The zero-order valence-electron chi connectivity index (χ0n) is 22.4. The highest BCUT2D eigenvalue weighted by atomic mass is 19.4. The van der Waals surface area contributed by atoms with Crippen molar-refractivity contribution in [2.75, 3.05) is 12.4 Å². The number of alkyl halides is 5. The summed E-state index contributed by atoms with van der Waals surface area (Å²) in [6.07, 6.45) is -7.88. The van der Waals surface area contributed by atoms with Crippen LogP contribution in [0.25, 0.3) is 0 Å². The van der Waals surface area contributed by atoms with Crippen LogP contribution in [0, 0.1) is 11.7 Å². The number of carbonyl (C=O) groups excluding carboxylic acids is 2. The molecule has 1 saturated heterocycles. The molecule has 2 unspecified atom stereocenters. The Morgan fingerprint density at radius 1 is 1.10 bits per heavy atom. The van der Waals surface area contributed by atoms with E-state index in [1.807, 2.05) is 0 Å². The molecule has 0 saturated carbocycles. The van der Waals surface area contributed by atoms with Crippen LogP contribution in [0.4, 0.5) is 32.0 Å². The molecule has 0 spiro atoms. The molecule has 224 valence electrons. The van der Waals surface area contributed by atoms with E-state index >= 15 is 0 Å². The molecule has 0 bridgehead atoms. The van der Waals surface area contributed by atoms with Gasteiger partial charge >= 0.3 is 12.1 Å². The molecule has 1 N–H and O–H groups in total. The largest absolute Gasteiger partial charge is 0.496 e. The average molecular weight is 598 g/mol. The van der Waals surface area contributed by atoms with Crippen LogP contribution in [0.2, 0.25) is 0 Å². The van der Waals surface area contributed by atoms with Crippen molar-refractivity contribution in [1.82, 2.24) is 9.97 Å². The maximum absolute atomic E-state index is 14.3. The molecule has 1 aliphatic heterocycles. The van der Waals surface area contributed by atoms with Crippen molar-refractivity contribution < 1.29 is 50.1 Å². The lowest BCUT2D eigenvalue weighted by molar-refractivity contribution is -0.272. The van der Waals surface area contributed by atoms with Gasteiger partial charge in [-0.1, -0.05) is 31.2 Å². The van der Waals surface area contributed by atoms with Gasteiger partial charge < -0.3 is 19.5 Å². The topological polar surface area (TPSA) is 99.6 Å². The van der Waals surface area contributed by atoms with E-state index in [-0.39, 0.29) is 23.7 Å². The van der Waals surface area contributed by atoms with Crippen molar-refractivity contribution in [2.24, 2.45) is 5.92 Å². The van der Waals surface area contributed by atoms with E-state index in [0.717, 1.165) is 39.4 Å². The van der Waals surface area contributed by atoms with Gasteiger partial charge in [-0.2, -0.15) is 13.2 Å². The van der Waals surface area contributed by atoms with E-state index < -0.39 is 65.1 Å². The molecule has 8 nitrogen and oxygen atoms in total. The van der Waals surface area contributed by atoms with E-state index in [1.54, 1.807) is 30.3 Å². The minimum Gasteiger partial charge on any atom is -0.496 e. The molecule has 42 heavy (non-hydrogen) atoms. The van der Waals surface area contributed by atoms with Gasteiger partial charge in [-0.25, -0.2) is 27.9 Å². The van der Waals surface area contributed by atoms with Gasteiger partial charge in [-0.3, -0.25) is 4.79 Å². The highest BCUT2D eigenvalue weighted by Crippen LogP contribution is 2.55. The van der Waals surface area contributed by atoms with Crippen molar-refractivity contribution in [3.05, 3.63) is 83.2 Å². The lowest BCUT2D eigenvalue weighted by Crippen LogP contribution is -2.47. The molecule has 4 atom stereocenters. The highest BCUT2D eigenvalue weighted by molar-refractivity contribution is 5.95. The summed E-state index contributed by atoms with van der Waals surface area (Å²) in [5.74, 6) is -6.55.